The average Bonchev–Trinajstić information content (AvgIpc) is 2.84. The van der Waals surface area contributed by atoms with Crippen LogP contribution in [0.4, 0.5) is 4.39 Å². The summed E-state index contributed by atoms with van der Waals surface area (Å²) in [5.74, 6) is -0.120. The molecular formula is C12H11FN2O2. The molecule has 1 aromatic heterocycles. The van der Waals surface area contributed by atoms with Crippen molar-refractivity contribution in [2.45, 2.75) is 13.0 Å². The minimum absolute atomic E-state index is 0.230. The summed E-state index contributed by atoms with van der Waals surface area (Å²) in [6, 6.07) is 5.52. The zero-order chi connectivity index (χ0) is 12.3. The summed E-state index contributed by atoms with van der Waals surface area (Å²) in [6.45, 7) is 1.63. The third-order valence-electron chi connectivity index (χ3n) is 2.23. The lowest BCUT2D eigenvalue weighted by Crippen LogP contribution is -2.28. The Labute approximate surface area is 97.7 Å². The number of halogens is 1. The molecule has 0 aliphatic carbocycles. The Morgan fingerprint density at radius 1 is 1.41 bits per heavy atom. The normalized spacial score (nSPS) is 12.1. The van der Waals surface area contributed by atoms with Crippen molar-refractivity contribution < 1.29 is 13.9 Å². The molecule has 0 saturated heterocycles. The van der Waals surface area contributed by atoms with Crippen molar-refractivity contribution in [1.82, 2.24) is 9.55 Å². The van der Waals surface area contributed by atoms with Gasteiger partial charge in [0.05, 0.1) is 0 Å². The molecule has 1 unspecified atom stereocenters. The number of aromatic nitrogens is 2. The highest BCUT2D eigenvalue weighted by atomic mass is 19.1. The van der Waals surface area contributed by atoms with E-state index in [0.29, 0.717) is 5.75 Å². The van der Waals surface area contributed by atoms with Crippen molar-refractivity contribution in [3.8, 4) is 5.75 Å². The molecule has 88 valence electrons. The van der Waals surface area contributed by atoms with E-state index in [1.165, 1.54) is 41.4 Å². The van der Waals surface area contributed by atoms with Crippen molar-refractivity contribution in [3.05, 3.63) is 48.8 Å². The molecule has 0 fully saturated rings. The third-order valence-corrected chi connectivity index (χ3v) is 2.23. The number of benzene rings is 1. The zero-order valence-electron chi connectivity index (χ0n) is 9.21. The number of nitrogens with zero attached hydrogens (tertiary/aromatic N) is 2. The fraction of sp³-hybridized carbons (Fsp3) is 0.167. The van der Waals surface area contributed by atoms with Gasteiger partial charge >= 0.3 is 0 Å². The summed E-state index contributed by atoms with van der Waals surface area (Å²) < 4.78 is 19.4. The highest BCUT2D eigenvalue weighted by molar-refractivity contribution is 5.83. The molecule has 0 bridgehead atoms. The molecule has 2 aromatic rings. The Kier molecular flexibility index (Phi) is 3.18. The lowest BCUT2D eigenvalue weighted by atomic mass is 10.3. The summed E-state index contributed by atoms with van der Waals surface area (Å²) >= 11 is 0. The van der Waals surface area contributed by atoms with E-state index >= 15 is 0 Å². The Balaban J connectivity index is 2.04. The number of carbonyl (C=O) groups is 1. The Morgan fingerprint density at radius 2 is 2.12 bits per heavy atom. The topological polar surface area (TPSA) is 44.1 Å². The smallest absolute Gasteiger partial charge is 0.272 e. The van der Waals surface area contributed by atoms with Crippen LogP contribution in [0.3, 0.4) is 0 Å². The van der Waals surface area contributed by atoms with E-state index in [-0.39, 0.29) is 11.7 Å². The lowest BCUT2D eigenvalue weighted by Gasteiger charge is -2.13. The minimum Gasteiger partial charge on any atom is -0.481 e. The van der Waals surface area contributed by atoms with Gasteiger partial charge in [0.15, 0.2) is 6.10 Å². The van der Waals surface area contributed by atoms with Crippen LogP contribution in [-0.2, 0) is 0 Å². The van der Waals surface area contributed by atoms with Crippen LogP contribution in [-0.4, -0.2) is 21.6 Å². The summed E-state index contributed by atoms with van der Waals surface area (Å²) in [4.78, 5) is 15.6. The van der Waals surface area contributed by atoms with Crippen LogP contribution in [0.15, 0.2) is 43.0 Å². The zero-order valence-corrected chi connectivity index (χ0v) is 9.21. The van der Waals surface area contributed by atoms with Gasteiger partial charge in [0.1, 0.15) is 17.9 Å². The highest BCUT2D eigenvalue weighted by Gasteiger charge is 2.16. The van der Waals surface area contributed by atoms with Gasteiger partial charge in [-0.15, -0.1) is 0 Å². The fourth-order valence-electron chi connectivity index (χ4n) is 1.37. The van der Waals surface area contributed by atoms with Gasteiger partial charge in [0.25, 0.3) is 5.91 Å². The molecule has 1 heterocycles. The van der Waals surface area contributed by atoms with Crippen molar-refractivity contribution in [2.24, 2.45) is 0 Å². The van der Waals surface area contributed by atoms with E-state index in [2.05, 4.69) is 4.98 Å². The molecule has 5 heteroatoms. The molecule has 0 amide bonds. The predicted octanol–water partition coefficient (Wildman–Crippen LogP) is 2.13. The van der Waals surface area contributed by atoms with Crippen molar-refractivity contribution in [3.63, 3.8) is 0 Å². The molecule has 17 heavy (non-hydrogen) atoms. The predicted molar refractivity (Wildman–Crippen MR) is 59.3 cm³/mol. The first-order valence-electron chi connectivity index (χ1n) is 5.11. The van der Waals surface area contributed by atoms with Gasteiger partial charge < -0.3 is 4.74 Å². The standard InChI is InChI=1S/C12H11FN2O2/c1-9(12(16)15-7-6-14-8-15)17-11-4-2-10(13)3-5-11/h2-9H,1H3. The Morgan fingerprint density at radius 3 is 2.71 bits per heavy atom. The van der Waals surface area contributed by atoms with Crippen LogP contribution in [0.25, 0.3) is 0 Å². The second-order valence-electron chi connectivity index (χ2n) is 3.52. The molecule has 1 atom stereocenters. The fourth-order valence-corrected chi connectivity index (χ4v) is 1.37. The Bertz CT molecular complexity index is 494. The van der Waals surface area contributed by atoms with E-state index < -0.39 is 6.10 Å². The van der Waals surface area contributed by atoms with Crippen LogP contribution >= 0.6 is 0 Å². The molecule has 0 saturated carbocycles. The molecule has 0 aliphatic rings. The number of imidazole rings is 1. The van der Waals surface area contributed by atoms with Crippen LogP contribution < -0.4 is 4.74 Å². The number of carbonyl (C=O) groups excluding carboxylic acids is 1. The molecular weight excluding hydrogens is 223 g/mol. The third kappa shape index (κ3) is 2.69. The van der Waals surface area contributed by atoms with Crippen LogP contribution in [0.2, 0.25) is 0 Å². The molecule has 0 radical (unpaired) electrons. The monoisotopic (exact) mass is 234 g/mol. The average molecular weight is 234 g/mol. The second kappa shape index (κ2) is 4.78. The van der Waals surface area contributed by atoms with Gasteiger partial charge in [0.2, 0.25) is 0 Å². The summed E-state index contributed by atoms with van der Waals surface area (Å²) in [6.07, 6.45) is 3.82. The first-order valence-corrected chi connectivity index (χ1v) is 5.11. The van der Waals surface area contributed by atoms with Crippen LogP contribution in [0.1, 0.15) is 11.7 Å². The maximum Gasteiger partial charge on any atom is 0.272 e. The SMILES string of the molecule is CC(Oc1ccc(F)cc1)C(=O)n1ccnc1. The van der Waals surface area contributed by atoms with Gasteiger partial charge in [-0.25, -0.2) is 9.37 Å². The van der Waals surface area contributed by atoms with Gasteiger partial charge in [0, 0.05) is 12.4 Å². The lowest BCUT2D eigenvalue weighted by molar-refractivity contribution is 0.0727. The number of hydrogen-bond acceptors (Lipinski definition) is 3. The molecule has 4 nitrogen and oxygen atoms in total. The van der Waals surface area contributed by atoms with Crippen molar-refractivity contribution >= 4 is 5.91 Å². The second-order valence-corrected chi connectivity index (χ2v) is 3.52. The number of ether oxygens (including phenoxy) is 1. The minimum atomic E-state index is -0.658. The van der Waals surface area contributed by atoms with Gasteiger partial charge in [-0.2, -0.15) is 0 Å². The van der Waals surface area contributed by atoms with E-state index in [4.69, 9.17) is 4.74 Å². The van der Waals surface area contributed by atoms with Gasteiger partial charge in [-0.1, -0.05) is 0 Å². The largest absolute Gasteiger partial charge is 0.481 e. The number of hydrogen-bond donors (Lipinski definition) is 0. The molecule has 0 spiro atoms. The summed E-state index contributed by atoms with van der Waals surface area (Å²) in [5.41, 5.74) is 0. The molecule has 2 rings (SSSR count). The highest BCUT2D eigenvalue weighted by Crippen LogP contribution is 2.13. The van der Waals surface area contributed by atoms with E-state index in [1.54, 1.807) is 13.1 Å². The van der Waals surface area contributed by atoms with Crippen molar-refractivity contribution in [1.29, 1.82) is 0 Å². The number of rotatable bonds is 3. The molecule has 1 aromatic carbocycles. The van der Waals surface area contributed by atoms with Crippen LogP contribution in [0, 0.1) is 5.82 Å². The first-order chi connectivity index (χ1) is 8.16. The summed E-state index contributed by atoms with van der Waals surface area (Å²) in [7, 11) is 0. The van der Waals surface area contributed by atoms with Gasteiger partial charge in [-0.3, -0.25) is 9.36 Å². The van der Waals surface area contributed by atoms with Gasteiger partial charge in [-0.05, 0) is 31.2 Å². The Hall–Kier alpha value is -2.17. The maximum atomic E-state index is 12.7. The van der Waals surface area contributed by atoms with E-state index in [1.807, 2.05) is 0 Å². The van der Waals surface area contributed by atoms with E-state index in [0.717, 1.165) is 0 Å². The first kappa shape index (κ1) is 11.3. The molecule has 0 N–H and O–H groups in total. The molecule has 0 aliphatic heterocycles. The van der Waals surface area contributed by atoms with Crippen molar-refractivity contribution in [2.75, 3.05) is 0 Å². The quantitative estimate of drug-likeness (QED) is 0.817. The maximum absolute atomic E-state index is 12.7. The van der Waals surface area contributed by atoms with Crippen LogP contribution in [0.5, 0.6) is 5.75 Å². The summed E-state index contributed by atoms with van der Waals surface area (Å²) in [5, 5.41) is 0. The van der Waals surface area contributed by atoms with E-state index in [9.17, 15) is 9.18 Å².